The summed E-state index contributed by atoms with van der Waals surface area (Å²) in [5.41, 5.74) is 0. The van der Waals surface area contributed by atoms with Crippen LogP contribution in [0, 0.1) is 0 Å². The quantitative estimate of drug-likeness (QED) is 0.510. The first-order chi connectivity index (χ1) is 8.02. The monoisotopic (exact) mass is 245 g/mol. The summed E-state index contributed by atoms with van der Waals surface area (Å²) in [6.07, 6.45) is 1.61. The molecule has 0 heterocycles. The number of carbonyl (C=O) groups is 2. The van der Waals surface area contributed by atoms with Gasteiger partial charge in [0.15, 0.2) is 0 Å². The van der Waals surface area contributed by atoms with Crippen LogP contribution < -0.4 is 0 Å². The van der Waals surface area contributed by atoms with Gasteiger partial charge in [0, 0.05) is 19.1 Å². The zero-order valence-corrected chi connectivity index (χ0v) is 10.9. The van der Waals surface area contributed by atoms with Crippen LogP contribution in [0.4, 0.5) is 0 Å². The summed E-state index contributed by atoms with van der Waals surface area (Å²) in [5.74, 6) is -0.446. The molecule has 0 saturated heterocycles. The maximum Gasteiger partial charge on any atom is 0.325 e. The number of esters is 1. The van der Waals surface area contributed by atoms with Gasteiger partial charge in [0.1, 0.15) is 6.54 Å². The maximum atomic E-state index is 11.8. The number of nitrogens with zero attached hydrogens (tertiary/aromatic N) is 1. The highest BCUT2D eigenvalue weighted by molar-refractivity contribution is 5.82. The molecule has 0 radical (unpaired) electrons. The van der Waals surface area contributed by atoms with Gasteiger partial charge in [0.05, 0.1) is 6.61 Å². The van der Waals surface area contributed by atoms with E-state index in [1.54, 1.807) is 6.92 Å². The summed E-state index contributed by atoms with van der Waals surface area (Å²) in [6.45, 7) is 5.88. The number of aliphatic hydroxyl groups is 1. The highest BCUT2D eigenvalue weighted by atomic mass is 16.5. The normalized spacial score (nSPS) is 10.4. The number of unbranched alkanes of at least 4 members (excludes halogenated alkanes) is 1. The van der Waals surface area contributed by atoms with Crippen molar-refractivity contribution in [2.24, 2.45) is 0 Å². The Kier molecular flexibility index (Phi) is 8.40. The van der Waals surface area contributed by atoms with E-state index >= 15 is 0 Å². The zero-order valence-electron chi connectivity index (χ0n) is 10.9. The highest BCUT2D eigenvalue weighted by Crippen LogP contribution is 2.05. The van der Waals surface area contributed by atoms with E-state index in [1.165, 1.54) is 4.90 Å². The molecule has 5 heteroatoms. The minimum absolute atomic E-state index is 0.00344. The molecule has 0 spiro atoms. The molecule has 0 unspecified atom stereocenters. The Bertz CT molecular complexity index is 241. The number of hydrogen-bond acceptors (Lipinski definition) is 4. The van der Waals surface area contributed by atoms with Crippen molar-refractivity contribution in [3.63, 3.8) is 0 Å². The molecule has 0 aromatic heterocycles. The van der Waals surface area contributed by atoms with Crippen molar-refractivity contribution in [3.05, 3.63) is 0 Å². The van der Waals surface area contributed by atoms with Crippen molar-refractivity contribution < 1.29 is 19.4 Å². The highest BCUT2D eigenvalue weighted by Gasteiger charge is 2.20. The molecule has 0 aliphatic carbocycles. The second kappa shape index (κ2) is 8.98. The van der Waals surface area contributed by atoms with Crippen molar-refractivity contribution in [1.29, 1.82) is 0 Å². The SMILES string of the molecule is CCOC(=O)CN(C(=O)CCCCO)C(C)C. The van der Waals surface area contributed by atoms with Gasteiger partial charge in [-0.3, -0.25) is 9.59 Å². The van der Waals surface area contributed by atoms with Crippen molar-refractivity contribution in [3.8, 4) is 0 Å². The third-order valence-corrected chi connectivity index (χ3v) is 2.35. The van der Waals surface area contributed by atoms with E-state index in [0.29, 0.717) is 25.9 Å². The molecule has 0 saturated carbocycles. The van der Waals surface area contributed by atoms with Gasteiger partial charge in [-0.1, -0.05) is 0 Å². The smallest absolute Gasteiger partial charge is 0.325 e. The molecule has 0 aliphatic heterocycles. The second-order valence-corrected chi connectivity index (χ2v) is 4.10. The van der Waals surface area contributed by atoms with Crippen molar-refractivity contribution >= 4 is 11.9 Å². The third kappa shape index (κ3) is 6.94. The molecule has 100 valence electrons. The minimum atomic E-state index is -0.378. The Labute approximate surface area is 103 Å². The lowest BCUT2D eigenvalue weighted by atomic mass is 10.2. The average Bonchev–Trinajstić information content (AvgIpc) is 2.26. The molecule has 0 aromatic carbocycles. The van der Waals surface area contributed by atoms with Crippen LogP contribution in [0.2, 0.25) is 0 Å². The lowest BCUT2D eigenvalue weighted by Gasteiger charge is -2.25. The molecule has 0 atom stereocenters. The van der Waals surface area contributed by atoms with Gasteiger partial charge >= 0.3 is 5.97 Å². The Morgan fingerprint density at radius 2 is 1.94 bits per heavy atom. The fourth-order valence-electron chi connectivity index (χ4n) is 1.44. The van der Waals surface area contributed by atoms with Gasteiger partial charge < -0.3 is 14.7 Å². The topological polar surface area (TPSA) is 66.8 Å². The second-order valence-electron chi connectivity index (χ2n) is 4.10. The van der Waals surface area contributed by atoms with E-state index < -0.39 is 0 Å². The summed E-state index contributed by atoms with van der Waals surface area (Å²) < 4.78 is 4.83. The van der Waals surface area contributed by atoms with Gasteiger partial charge in [-0.2, -0.15) is 0 Å². The molecule has 0 fully saturated rings. The van der Waals surface area contributed by atoms with Gasteiger partial charge in [0.25, 0.3) is 0 Å². The molecular formula is C12H23NO4. The summed E-state index contributed by atoms with van der Waals surface area (Å²) in [5, 5.41) is 8.64. The fourth-order valence-corrected chi connectivity index (χ4v) is 1.44. The van der Waals surface area contributed by atoms with Gasteiger partial charge in [0.2, 0.25) is 5.91 Å². The predicted octanol–water partition coefficient (Wildman–Crippen LogP) is 0.949. The summed E-state index contributed by atoms with van der Waals surface area (Å²) in [4.78, 5) is 24.7. The number of carbonyl (C=O) groups excluding carboxylic acids is 2. The van der Waals surface area contributed by atoms with E-state index in [9.17, 15) is 9.59 Å². The molecular weight excluding hydrogens is 222 g/mol. The van der Waals surface area contributed by atoms with E-state index in [4.69, 9.17) is 9.84 Å². The van der Waals surface area contributed by atoms with Crippen LogP contribution in [-0.2, 0) is 14.3 Å². The maximum absolute atomic E-state index is 11.8. The zero-order chi connectivity index (χ0) is 13.3. The van der Waals surface area contributed by atoms with Gasteiger partial charge in [-0.15, -0.1) is 0 Å². The van der Waals surface area contributed by atoms with Crippen molar-refractivity contribution in [1.82, 2.24) is 4.90 Å². The fraction of sp³-hybridized carbons (Fsp3) is 0.833. The van der Waals surface area contributed by atoms with Crippen LogP contribution in [0.15, 0.2) is 0 Å². The standard InChI is InChI=1S/C12H23NO4/c1-4-17-12(16)9-13(10(2)3)11(15)7-5-6-8-14/h10,14H,4-9H2,1-3H3. The van der Waals surface area contributed by atoms with Crippen molar-refractivity contribution in [2.75, 3.05) is 19.8 Å². The minimum Gasteiger partial charge on any atom is -0.465 e. The van der Waals surface area contributed by atoms with E-state index in [1.807, 2.05) is 13.8 Å². The first kappa shape index (κ1) is 15.9. The lowest BCUT2D eigenvalue weighted by Crippen LogP contribution is -2.41. The third-order valence-electron chi connectivity index (χ3n) is 2.35. The molecule has 1 N–H and O–H groups in total. The Hall–Kier alpha value is -1.10. The summed E-state index contributed by atoms with van der Waals surface area (Å²) in [6, 6.07) is -0.0268. The number of ether oxygens (including phenoxy) is 1. The Morgan fingerprint density at radius 3 is 2.41 bits per heavy atom. The van der Waals surface area contributed by atoms with Crippen LogP contribution in [0.25, 0.3) is 0 Å². The average molecular weight is 245 g/mol. The molecule has 0 rings (SSSR count). The summed E-state index contributed by atoms with van der Waals surface area (Å²) >= 11 is 0. The van der Waals surface area contributed by atoms with Crippen LogP contribution in [0.5, 0.6) is 0 Å². The molecule has 0 aromatic rings. The predicted molar refractivity (Wildman–Crippen MR) is 64.4 cm³/mol. The molecule has 0 bridgehead atoms. The first-order valence-electron chi connectivity index (χ1n) is 6.08. The van der Waals surface area contributed by atoms with Gasteiger partial charge in [-0.25, -0.2) is 0 Å². The van der Waals surface area contributed by atoms with E-state index in [-0.39, 0.29) is 31.1 Å². The Morgan fingerprint density at radius 1 is 1.29 bits per heavy atom. The van der Waals surface area contributed by atoms with Crippen molar-refractivity contribution in [2.45, 2.75) is 46.1 Å². The number of rotatable bonds is 8. The summed E-state index contributed by atoms with van der Waals surface area (Å²) in [7, 11) is 0. The molecule has 1 amide bonds. The number of amides is 1. The van der Waals surface area contributed by atoms with Crippen LogP contribution in [-0.4, -0.2) is 47.7 Å². The van der Waals surface area contributed by atoms with Gasteiger partial charge in [-0.05, 0) is 33.6 Å². The first-order valence-corrected chi connectivity index (χ1v) is 6.08. The van der Waals surface area contributed by atoms with Crippen LogP contribution >= 0.6 is 0 Å². The van der Waals surface area contributed by atoms with E-state index in [2.05, 4.69) is 0 Å². The number of hydrogen-bond donors (Lipinski definition) is 1. The Balaban J connectivity index is 4.21. The molecule has 5 nitrogen and oxygen atoms in total. The van der Waals surface area contributed by atoms with Crippen LogP contribution in [0.3, 0.4) is 0 Å². The molecule has 17 heavy (non-hydrogen) atoms. The number of aliphatic hydroxyl groups excluding tert-OH is 1. The lowest BCUT2D eigenvalue weighted by molar-refractivity contribution is -0.150. The van der Waals surface area contributed by atoms with Crippen LogP contribution in [0.1, 0.15) is 40.0 Å². The molecule has 0 aliphatic rings. The largest absolute Gasteiger partial charge is 0.465 e. The van der Waals surface area contributed by atoms with E-state index in [0.717, 1.165) is 0 Å².